The molecule has 0 atom stereocenters. The summed E-state index contributed by atoms with van der Waals surface area (Å²) in [5, 5.41) is 0. The molecular weight excluding hydrogens is 170 g/mol. The van der Waals surface area contributed by atoms with Crippen molar-refractivity contribution in [1.29, 1.82) is 0 Å². The fourth-order valence-electron chi connectivity index (χ4n) is 2.12. The first-order valence-corrected chi connectivity index (χ1v) is 5.02. The van der Waals surface area contributed by atoms with E-state index in [-0.39, 0.29) is 0 Å². The van der Waals surface area contributed by atoms with Crippen LogP contribution in [0.15, 0.2) is 36.5 Å². The fraction of sp³-hybridized carbons (Fsp3) is 0.538. The molecule has 80 valence electrons. The minimum absolute atomic E-state index is 0.944. The third-order valence-corrected chi connectivity index (χ3v) is 1.95. The van der Waals surface area contributed by atoms with Gasteiger partial charge in [-0.05, 0) is 37.5 Å². The summed E-state index contributed by atoms with van der Waals surface area (Å²) in [6, 6.07) is 0. The second kappa shape index (κ2) is 5.16. The second-order valence-corrected chi connectivity index (χ2v) is 4.97. The third-order valence-electron chi connectivity index (χ3n) is 1.95. The standard InChI is InChI=1S/C13H24N/c1-11(2)8-14(7,9-12(3)4)10-13(5)6/h1,3,5,8-10H2,2,4,6-7H3/q+1. The maximum absolute atomic E-state index is 3.98. The van der Waals surface area contributed by atoms with E-state index < -0.39 is 0 Å². The van der Waals surface area contributed by atoms with Crippen LogP contribution in [0.4, 0.5) is 0 Å². The van der Waals surface area contributed by atoms with Gasteiger partial charge in [-0.2, -0.15) is 0 Å². The van der Waals surface area contributed by atoms with Crippen LogP contribution in [-0.4, -0.2) is 31.2 Å². The van der Waals surface area contributed by atoms with Crippen molar-refractivity contribution >= 4 is 0 Å². The zero-order chi connectivity index (χ0) is 11.4. The van der Waals surface area contributed by atoms with Gasteiger partial charge in [0.2, 0.25) is 0 Å². The summed E-state index contributed by atoms with van der Waals surface area (Å²) in [6.45, 7) is 21.2. The Balaban J connectivity index is 4.56. The summed E-state index contributed by atoms with van der Waals surface area (Å²) in [4.78, 5) is 0. The Morgan fingerprint density at radius 1 is 0.786 bits per heavy atom. The van der Waals surface area contributed by atoms with E-state index >= 15 is 0 Å². The van der Waals surface area contributed by atoms with Crippen molar-refractivity contribution in [3.8, 4) is 0 Å². The minimum atomic E-state index is 0.944. The van der Waals surface area contributed by atoms with Crippen LogP contribution in [-0.2, 0) is 0 Å². The molecule has 0 aromatic heterocycles. The highest BCUT2D eigenvalue weighted by Crippen LogP contribution is 2.12. The molecule has 1 nitrogen and oxygen atoms in total. The maximum Gasteiger partial charge on any atom is 0.100 e. The highest BCUT2D eigenvalue weighted by molar-refractivity contribution is 4.95. The number of hydrogen-bond acceptors (Lipinski definition) is 0. The highest BCUT2D eigenvalue weighted by Gasteiger charge is 2.21. The molecule has 0 unspecified atom stereocenters. The average molecular weight is 194 g/mol. The predicted octanol–water partition coefficient (Wildman–Crippen LogP) is 3.16. The Morgan fingerprint density at radius 2 is 1.00 bits per heavy atom. The van der Waals surface area contributed by atoms with Crippen molar-refractivity contribution < 1.29 is 4.48 Å². The van der Waals surface area contributed by atoms with Gasteiger partial charge in [0.05, 0.1) is 7.05 Å². The van der Waals surface area contributed by atoms with Crippen molar-refractivity contribution in [1.82, 2.24) is 0 Å². The fourth-order valence-corrected chi connectivity index (χ4v) is 2.12. The van der Waals surface area contributed by atoms with Gasteiger partial charge in [0.15, 0.2) is 0 Å². The molecule has 0 amide bonds. The Morgan fingerprint density at radius 3 is 1.14 bits per heavy atom. The van der Waals surface area contributed by atoms with Gasteiger partial charge in [-0.25, -0.2) is 0 Å². The van der Waals surface area contributed by atoms with Crippen LogP contribution in [0.3, 0.4) is 0 Å². The summed E-state index contributed by atoms with van der Waals surface area (Å²) < 4.78 is 0.944. The molecule has 0 aromatic carbocycles. The lowest BCUT2D eigenvalue weighted by Gasteiger charge is -2.35. The number of quaternary nitrogens is 1. The van der Waals surface area contributed by atoms with Crippen molar-refractivity contribution in [2.45, 2.75) is 20.8 Å². The van der Waals surface area contributed by atoms with Gasteiger partial charge in [-0.15, -0.1) is 0 Å². The Hall–Kier alpha value is -0.820. The maximum atomic E-state index is 3.98. The molecule has 0 spiro atoms. The molecule has 0 fully saturated rings. The molecule has 1 heteroatoms. The molecule has 0 heterocycles. The van der Waals surface area contributed by atoms with E-state index in [4.69, 9.17) is 0 Å². The largest absolute Gasteiger partial charge is 0.316 e. The Bertz CT molecular complexity index is 207. The van der Waals surface area contributed by atoms with E-state index in [1.807, 2.05) is 0 Å². The van der Waals surface area contributed by atoms with Gasteiger partial charge < -0.3 is 4.48 Å². The van der Waals surface area contributed by atoms with Crippen LogP contribution < -0.4 is 0 Å². The molecule has 0 N–H and O–H groups in total. The number of nitrogens with zero attached hydrogens (tertiary/aromatic N) is 1. The van der Waals surface area contributed by atoms with Crippen LogP contribution >= 0.6 is 0 Å². The molecule has 0 saturated carbocycles. The molecule has 0 rings (SSSR count). The van der Waals surface area contributed by atoms with E-state index in [1.165, 1.54) is 16.7 Å². The average Bonchev–Trinajstić information content (AvgIpc) is 1.76. The lowest BCUT2D eigenvalue weighted by molar-refractivity contribution is -0.895. The van der Waals surface area contributed by atoms with Gasteiger partial charge >= 0.3 is 0 Å². The monoisotopic (exact) mass is 194 g/mol. The quantitative estimate of drug-likeness (QED) is 0.450. The first-order valence-electron chi connectivity index (χ1n) is 5.02. The number of rotatable bonds is 6. The topological polar surface area (TPSA) is 0 Å². The van der Waals surface area contributed by atoms with Crippen molar-refractivity contribution in [3.05, 3.63) is 36.5 Å². The first-order chi connectivity index (χ1) is 6.25. The molecule has 14 heavy (non-hydrogen) atoms. The van der Waals surface area contributed by atoms with Crippen LogP contribution in [0.5, 0.6) is 0 Å². The summed E-state index contributed by atoms with van der Waals surface area (Å²) in [7, 11) is 2.23. The van der Waals surface area contributed by atoms with Crippen LogP contribution in [0.1, 0.15) is 20.8 Å². The van der Waals surface area contributed by atoms with E-state index in [2.05, 4.69) is 47.6 Å². The van der Waals surface area contributed by atoms with E-state index in [0.29, 0.717) is 0 Å². The minimum Gasteiger partial charge on any atom is -0.316 e. The number of likely N-dealkylation sites (N-methyl/N-ethyl adjacent to an activating group) is 1. The number of hydrogen-bond donors (Lipinski definition) is 0. The van der Waals surface area contributed by atoms with Crippen molar-refractivity contribution in [2.75, 3.05) is 26.7 Å². The molecule has 0 aromatic rings. The summed E-state index contributed by atoms with van der Waals surface area (Å²) in [5.74, 6) is 0. The van der Waals surface area contributed by atoms with E-state index in [0.717, 1.165) is 24.1 Å². The molecule has 0 saturated heterocycles. The lowest BCUT2D eigenvalue weighted by atomic mass is 10.2. The van der Waals surface area contributed by atoms with Crippen LogP contribution in [0, 0.1) is 0 Å². The van der Waals surface area contributed by atoms with E-state index in [9.17, 15) is 0 Å². The van der Waals surface area contributed by atoms with Gasteiger partial charge in [-0.1, -0.05) is 19.7 Å². The first kappa shape index (κ1) is 13.2. The second-order valence-electron chi connectivity index (χ2n) is 4.97. The summed E-state index contributed by atoms with van der Waals surface area (Å²) >= 11 is 0. The molecule has 0 radical (unpaired) electrons. The zero-order valence-electron chi connectivity index (χ0n) is 10.2. The normalized spacial score (nSPS) is 11.1. The van der Waals surface area contributed by atoms with Crippen LogP contribution in [0.25, 0.3) is 0 Å². The molecule has 0 aliphatic carbocycles. The molecule has 0 aliphatic heterocycles. The van der Waals surface area contributed by atoms with Crippen molar-refractivity contribution in [2.24, 2.45) is 0 Å². The molecule has 0 aliphatic rings. The van der Waals surface area contributed by atoms with Gasteiger partial charge in [-0.3, -0.25) is 0 Å². The van der Waals surface area contributed by atoms with Crippen molar-refractivity contribution in [3.63, 3.8) is 0 Å². The predicted molar refractivity (Wildman–Crippen MR) is 65.2 cm³/mol. The van der Waals surface area contributed by atoms with Gasteiger partial charge in [0.25, 0.3) is 0 Å². The third kappa shape index (κ3) is 5.76. The molecule has 0 bridgehead atoms. The molecular formula is C13H24N+. The highest BCUT2D eigenvalue weighted by atomic mass is 15.3. The Kier molecular flexibility index (Phi) is 4.86. The summed E-state index contributed by atoms with van der Waals surface area (Å²) in [5.41, 5.74) is 3.65. The zero-order valence-corrected chi connectivity index (χ0v) is 10.2. The summed E-state index contributed by atoms with van der Waals surface area (Å²) in [6.07, 6.45) is 0. The van der Waals surface area contributed by atoms with Gasteiger partial charge in [0.1, 0.15) is 19.6 Å². The van der Waals surface area contributed by atoms with E-state index in [1.54, 1.807) is 0 Å². The Labute approximate surface area is 89.0 Å². The lowest BCUT2D eigenvalue weighted by Crippen LogP contribution is -2.47. The SMILES string of the molecule is C=C(C)C[N+](C)(CC(=C)C)CC(=C)C. The van der Waals surface area contributed by atoms with Crippen LogP contribution in [0.2, 0.25) is 0 Å². The smallest absolute Gasteiger partial charge is 0.100 e. The van der Waals surface area contributed by atoms with Gasteiger partial charge in [0, 0.05) is 0 Å².